The van der Waals surface area contributed by atoms with Crippen LogP contribution in [0.1, 0.15) is 39.2 Å². The molecule has 0 spiro atoms. The Hall–Kier alpha value is -0.860. The first-order chi connectivity index (χ1) is 8.58. The summed E-state index contributed by atoms with van der Waals surface area (Å²) < 4.78 is 5.78. The van der Waals surface area contributed by atoms with Crippen LogP contribution in [-0.4, -0.2) is 18.8 Å². The van der Waals surface area contributed by atoms with Gasteiger partial charge in [0, 0.05) is 12.6 Å². The summed E-state index contributed by atoms with van der Waals surface area (Å²) in [6, 6.07) is 10.6. The fraction of sp³-hybridized carbons (Fsp3) is 0.625. The van der Waals surface area contributed by atoms with Gasteiger partial charge in [-0.15, -0.1) is 0 Å². The summed E-state index contributed by atoms with van der Waals surface area (Å²) in [6.07, 6.45) is 3.32. The minimum absolute atomic E-state index is 0.193. The van der Waals surface area contributed by atoms with Crippen LogP contribution in [0.3, 0.4) is 0 Å². The van der Waals surface area contributed by atoms with E-state index in [2.05, 4.69) is 45.0 Å². The minimum atomic E-state index is 0.193. The van der Waals surface area contributed by atoms with Gasteiger partial charge in [0.25, 0.3) is 0 Å². The van der Waals surface area contributed by atoms with E-state index in [4.69, 9.17) is 10.5 Å². The van der Waals surface area contributed by atoms with E-state index in [1.165, 1.54) is 5.56 Å². The Bertz CT molecular complexity index is 310. The fourth-order valence-corrected chi connectivity index (χ4v) is 2.17. The molecule has 0 aliphatic carbocycles. The van der Waals surface area contributed by atoms with Crippen LogP contribution < -0.4 is 5.73 Å². The Morgan fingerprint density at radius 3 is 2.39 bits per heavy atom. The Kier molecular flexibility index (Phi) is 6.99. The van der Waals surface area contributed by atoms with Crippen molar-refractivity contribution in [3.63, 3.8) is 0 Å². The first kappa shape index (κ1) is 15.2. The molecule has 2 N–H and O–H groups in total. The molecule has 0 amide bonds. The molecular weight excluding hydrogens is 222 g/mol. The van der Waals surface area contributed by atoms with Gasteiger partial charge in [-0.05, 0) is 37.7 Å². The van der Waals surface area contributed by atoms with Gasteiger partial charge >= 0.3 is 0 Å². The average molecular weight is 249 g/mol. The number of nitrogens with two attached hydrogens (primary N) is 1. The van der Waals surface area contributed by atoms with Crippen molar-refractivity contribution in [3.05, 3.63) is 35.9 Å². The topological polar surface area (TPSA) is 35.2 Å². The number of benzene rings is 1. The molecular formula is C16H27NO. The molecule has 0 aliphatic heterocycles. The molecule has 2 nitrogen and oxygen atoms in total. The molecule has 1 rings (SSSR count). The second-order valence-corrected chi connectivity index (χ2v) is 5.55. The zero-order chi connectivity index (χ0) is 13.4. The van der Waals surface area contributed by atoms with Gasteiger partial charge in [0.1, 0.15) is 0 Å². The zero-order valence-electron chi connectivity index (χ0n) is 11.9. The SMILES string of the molecule is CC(C)C[C@@H](C)OCC[C@H](N)Cc1ccccc1. The van der Waals surface area contributed by atoms with Crippen molar-refractivity contribution in [1.29, 1.82) is 0 Å². The van der Waals surface area contributed by atoms with Crippen molar-refractivity contribution in [2.45, 2.75) is 52.2 Å². The predicted molar refractivity (Wildman–Crippen MR) is 77.6 cm³/mol. The number of hydrogen-bond acceptors (Lipinski definition) is 2. The van der Waals surface area contributed by atoms with Crippen LogP contribution in [0, 0.1) is 5.92 Å². The molecule has 0 radical (unpaired) electrons. The van der Waals surface area contributed by atoms with Crippen LogP contribution in [0.4, 0.5) is 0 Å². The molecule has 102 valence electrons. The van der Waals surface area contributed by atoms with Crippen molar-refractivity contribution in [3.8, 4) is 0 Å². The van der Waals surface area contributed by atoms with Crippen molar-refractivity contribution in [2.75, 3.05) is 6.61 Å². The van der Waals surface area contributed by atoms with Gasteiger partial charge in [-0.2, -0.15) is 0 Å². The monoisotopic (exact) mass is 249 g/mol. The van der Waals surface area contributed by atoms with Gasteiger partial charge in [0.2, 0.25) is 0 Å². The van der Waals surface area contributed by atoms with E-state index in [1.807, 2.05) is 6.07 Å². The molecule has 18 heavy (non-hydrogen) atoms. The van der Waals surface area contributed by atoms with E-state index in [9.17, 15) is 0 Å². The Morgan fingerprint density at radius 2 is 1.78 bits per heavy atom. The number of hydrogen-bond donors (Lipinski definition) is 1. The smallest absolute Gasteiger partial charge is 0.0549 e. The third kappa shape index (κ3) is 6.77. The van der Waals surface area contributed by atoms with Crippen molar-refractivity contribution >= 4 is 0 Å². The van der Waals surface area contributed by atoms with Gasteiger partial charge in [0.15, 0.2) is 0 Å². The Morgan fingerprint density at radius 1 is 1.11 bits per heavy atom. The zero-order valence-corrected chi connectivity index (χ0v) is 11.9. The highest BCUT2D eigenvalue weighted by Gasteiger charge is 2.07. The first-order valence-electron chi connectivity index (χ1n) is 6.99. The van der Waals surface area contributed by atoms with Gasteiger partial charge in [-0.25, -0.2) is 0 Å². The predicted octanol–water partition coefficient (Wildman–Crippen LogP) is 3.40. The minimum Gasteiger partial charge on any atom is -0.378 e. The average Bonchev–Trinajstić information content (AvgIpc) is 2.29. The molecule has 1 aromatic carbocycles. The largest absolute Gasteiger partial charge is 0.378 e. The van der Waals surface area contributed by atoms with E-state index >= 15 is 0 Å². The second kappa shape index (κ2) is 8.28. The molecule has 0 aliphatic rings. The Balaban J connectivity index is 2.16. The molecule has 2 heteroatoms. The van der Waals surface area contributed by atoms with Crippen LogP contribution >= 0.6 is 0 Å². The van der Waals surface area contributed by atoms with Gasteiger partial charge in [0.05, 0.1) is 6.10 Å². The third-order valence-corrected chi connectivity index (χ3v) is 3.04. The summed E-state index contributed by atoms with van der Waals surface area (Å²) in [5.74, 6) is 0.693. The van der Waals surface area contributed by atoms with Crippen LogP contribution in [-0.2, 0) is 11.2 Å². The summed E-state index contributed by atoms with van der Waals surface area (Å²) in [4.78, 5) is 0. The Labute approximate surface area is 112 Å². The van der Waals surface area contributed by atoms with E-state index in [0.717, 1.165) is 25.9 Å². The maximum atomic E-state index is 6.11. The fourth-order valence-electron chi connectivity index (χ4n) is 2.17. The molecule has 0 saturated heterocycles. The van der Waals surface area contributed by atoms with E-state index in [-0.39, 0.29) is 6.04 Å². The molecule has 1 aromatic rings. The number of ether oxygens (including phenoxy) is 1. The van der Waals surface area contributed by atoms with Crippen LogP contribution in [0.5, 0.6) is 0 Å². The quantitative estimate of drug-likeness (QED) is 0.766. The molecule has 0 aromatic heterocycles. The van der Waals surface area contributed by atoms with Crippen molar-refractivity contribution < 1.29 is 4.74 Å². The summed E-state index contributed by atoms with van der Waals surface area (Å²) in [6.45, 7) is 7.35. The summed E-state index contributed by atoms with van der Waals surface area (Å²) >= 11 is 0. The van der Waals surface area contributed by atoms with Crippen LogP contribution in [0.25, 0.3) is 0 Å². The lowest BCUT2D eigenvalue weighted by molar-refractivity contribution is 0.0478. The molecule has 2 atom stereocenters. The van der Waals surface area contributed by atoms with E-state index < -0.39 is 0 Å². The number of rotatable bonds is 8. The second-order valence-electron chi connectivity index (χ2n) is 5.55. The van der Waals surface area contributed by atoms with Gasteiger partial charge in [-0.3, -0.25) is 0 Å². The molecule has 0 saturated carbocycles. The lowest BCUT2D eigenvalue weighted by Crippen LogP contribution is -2.25. The summed E-state index contributed by atoms with van der Waals surface area (Å²) in [7, 11) is 0. The molecule has 0 unspecified atom stereocenters. The van der Waals surface area contributed by atoms with Crippen molar-refractivity contribution in [1.82, 2.24) is 0 Å². The van der Waals surface area contributed by atoms with Gasteiger partial charge < -0.3 is 10.5 Å². The van der Waals surface area contributed by atoms with E-state index in [0.29, 0.717) is 12.0 Å². The lowest BCUT2D eigenvalue weighted by atomic mass is 10.0. The lowest BCUT2D eigenvalue weighted by Gasteiger charge is -2.17. The highest BCUT2D eigenvalue weighted by Crippen LogP contribution is 2.09. The maximum absolute atomic E-state index is 6.11. The van der Waals surface area contributed by atoms with Crippen LogP contribution in [0.15, 0.2) is 30.3 Å². The maximum Gasteiger partial charge on any atom is 0.0549 e. The summed E-state index contributed by atoms with van der Waals surface area (Å²) in [5.41, 5.74) is 7.42. The third-order valence-electron chi connectivity index (χ3n) is 3.04. The van der Waals surface area contributed by atoms with Gasteiger partial charge in [-0.1, -0.05) is 44.2 Å². The van der Waals surface area contributed by atoms with Crippen molar-refractivity contribution in [2.24, 2.45) is 11.7 Å². The normalized spacial score (nSPS) is 14.7. The highest BCUT2D eigenvalue weighted by atomic mass is 16.5. The van der Waals surface area contributed by atoms with Crippen LogP contribution in [0.2, 0.25) is 0 Å². The van der Waals surface area contributed by atoms with E-state index in [1.54, 1.807) is 0 Å². The summed E-state index contributed by atoms with van der Waals surface area (Å²) in [5, 5.41) is 0. The molecule has 0 bridgehead atoms. The highest BCUT2D eigenvalue weighted by molar-refractivity contribution is 5.15. The molecule has 0 heterocycles. The first-order valence-corrected chi connectivity index (χ1v) is 6.99. The molecule has 0 fully saturated rings. The standard InChI is InChI=1S/C16H27NO/c1-13(2)11-14(3)18-10-9-16(17)12-15-7-5-4-6-8-15/h4-8,13-14,16H,9-12,17H2,1-3H3/t14-,16+/m1/s1.